The van der Waals surface area contributed by atoms with Crippen molar-refractivity contribution < 1.29 is 18.3 Å². The summed E-state index contributed by atoms with van der Waals surface area (Å²) in [6, 6.07) is 0.293. The van der Waals surface area contributed by atoms with Gasteiger partial charge in [-0.1, -0.05) is 13.8 Å². The summed E-state index contributed by atoms with van der Waals surface area (Å²) in [6.07, 6.45) is 3.00. The maximum absolute atomic E-state index is 11.9. The van der Waals surface area contributed by atoms with Crippen molar-refractivity contribution in [3.05, 3.63) is 18.5 Å². The Balaban J connectivity index is 2.97. The van der Waals surface area contributed by atoms with E-state index in [9.17, 15) is 13.2 Å². The monoisotopic (exact) mass is 260 g/mol. The fraction of sp³-hybridized carbons (Fsp3) is 0.500. The second kappa shape index (κ2) is 4.89. The van der Waals surface area contributed by atoms with Crippen LogP contribution in [0.5, 0.6) is 0 Å². The van der Waals surface area contributed by atoms with Gasteiger partial charge in [-0.15, -0.1) is 0 Å². The molecule has 0 radical (unpaired) electrons. The molecule has 17 heavy (non-hydrogen) atoms. The van der Waals surface area contributed by atoms with E-state index in [4.69, 9.17) is 5.11 Å². The topological polar surface area (TPSA) is 88.4 Å². The van der Waals surface area contributed by atoms with Crippen molar-refractivity contribution in [2.24, 2.45) is 13.0 Å². The number of aromatic nitrogens is 1. The minimum atomic E-state index is -3.78. The van der Waals surface area contributed by atoms with Crippen molar-refractivity contribution >= 4 is 16.0 Å². The van der Waals surface area contributed by atoms with Crippen molar-refractivity contribution in [1.82, 2.24) is 9.29 Å². The van der Waals surface area contributed by atoms with Crippen LogP contribution in [-0.2, 0) is 21.9 Å². The van der Waals surface area contributed by atoms with Gasteiger partial charge in [-0.05, 0) is 12.0 Å². The number of carboxylic acid groups (broad SMARTS) is 1. The zero-order valence-electron chi connectivity index (χ0n) is 9.91. The van der Waals surface area contributed by atoms with Crippen LogP contribution in [0.15, 0.2) is 23.4 Å². The predicted molar refractivity (Wildman–Crippen MR) is 62.0 cm³/mol. The highest BCUT2D eigenvalue weighted by Crippen LogP contribution is 2.11. The summed E-state index contributed by atoms with van der Waals surface area (Å²) in [6.45, 7) is 3.29. The smallest absolute Gasteiger partial charge is 0.322 e. The number of hydrogen-bond donors (Lipinski definition) is 2. The van der Waals surface area contributed by atoms with E-state index in [1.165, 1.54) is 12.3 Å². The Morgan fingerprint density at radius 3 is 2.41 bits per heavy atom. The van der Waals surface area contributed by atoms with Crippen LogP contribution >= 0.6 is 0 Å². The van der Waals surface area contributed by atoms with Crippen LogP contribution in [0.3, 0.4) is 0 Å². The molecule has 0 amide bonds. The first kappa shape index (κ1) is 13.7. The summed E-state index contributed by atoms with van der Waals surface area (Å²) < 4.78 is 27.5. The molecule has 1 heterocycles. The van der Waals surface area contributed by atoms with Crippen molar-refractivity contribution in [2.75, 3.05) is 0 Å². The van der Waals surface area contributed by atoms with Crippen molar-refractivity contribution in [1.29, 1.82) is 0 Å². The number of carboxylic acids is 1. The number of carbonyl (C=O) groups is 1. The van der Waals surface area contributed by atoms with Gasteiger partial charge < -0.3 is 9.67 Å². The number of rotatable bonds is 5. The van der Waals surface area contributed by atoms with Crippen molar-refractivity contribution in [3.63, 3.8) is 0 Å². The Hall–Kier alpha value is -1.34. The zero-order valence-corrected chi connectivity index (χ0v) is 10.7. The van der Waals surface area contributed by atoms with E-state index in [0.29, 0.717) is 0 Å². The molecule has 0 bridgehead atoms. The Morgan fingerprint density at radius 1 is 1.47 bits per heavy atom. The Kier molecular flexibility index (Phi) is 3.94. The molecular weight excluding hydrogens is 244 g/mol. The SMILES string of the molecule is CC(C)[C@@H](NS(=O)(=O)c1ccn(C)c1)C(=O)O. The first-order valence-electron chi connectivity index (χ1n) is 5.11. The predicted octanol–water partition coefficient (Wildman–Crippen LogP) is 0.413. The second-order valence-electron chi connectivity index (χ2n) is 4.19. The summed E-state index contributed by atoms with van der Waals surface area (Å²) in [5, 5.41) is 8.93. The molecule has 2 N–H and O–H groups in total. The average Bonchev–Trinajstić information content (AvgIpc) is 2.61. The minimum Gasteiger partial charge on any atom is -0.480 e. The molecule has 96 valence electrons. The molecule has 1 atom stereocenters. The van der Waals surface area contributed by atoms with Gasteiger partial charge in [-0.25, -0.2) is 8.42 Å². The summed E-state index contributed by atoms with van der Waals surface area (Å²) in [4.78, 5) is 11.0. The van der Waals surface area contributed by atoms with E-state index in [0.717, 1.165) is 0 Å². The van der Waals surface area contributed by atoms with E-state index in [1.807, 2.05) is 0 Å². The van der Waals surface area contributed by atoms with Gasteiger partial charge in [0.05, 0.1) is 4.90 Å². The van der Waals surface area contributed by atoms with E-state index < -0.39 is 22.0 Å². The summed E-state index contributed by atoms with van der Waals surface area (Å²) in [7, 11) is -2.09. The minimum absolute atomic E-state index is 0.0619. The van der Waals surface area contributed by atoms with Crippen LogP contribution in [0.25, 0.3) is 0 Å². The first-order valence-corrected chi connectivity index (χ1v) is 6.59. The highest BCUT2D eigenvalue weighted by atomic mass is 32.2. The average molecular weight is 260 g/mol. The van der Waals surface area contributed by atoms with Crippen LogP contribution in [0.2, 0.25) is 0 Å². The zero-order chi connectivity index (χ0) is 13.2. The highest BCUT2D eigenvalue weighted by molar-refractivity contribution is 7.89. The van der Waals surface area contributed by atoms with Crippen LogP contribution in [0.1, 0.15) is 13.8 Å². The number of sulfonamides is 1. The summed E-state index contributed by atoms with van der Waals surface area (Å²) in [5.74, 6) is -1.51. The molecule has 0 aliphatic carbocycles. The lowest BCUT2D eigenvalue weighted by Gasteiger charge is -2.17. The lowest BCUT2D eigenvalue weighted by atomic mass is 10.1. The molecule has 1 aromatic rings. The lowest BCUT2D eigenvalue weighted by molar-refractivity contribution is -0.140. The molecule has 0 unspecified atom stereocenters. The van der Waals surface area contributed by atoms with Crippen molar-refractivity contribution in [3.8, 4) is 0 Å². The summed E-state index contributed by atoms with van der Waals surface area (Å²) in [5.41, 5.74) is 0. The number of hydrogen-bond acceptors (Lipinski definition) is 3. The number of aliphatic carboxylic acids is 1. The molecule has 0 saturated heterocycles. The Bertz CT molecular complexity index is 504. The van der Waals surface area contributed by atoms with Gasteiger partial charge in [-0.3, -0.25) is 4.79 Å². The third-order valence-electron chi connectivity index (χ3n) is 2.33. The fourth-order valence-electron chi connectivity index (χ4n) is 1.34. The molecule has 1 rings (SSSR count). The third kappa shape index (κ3) is 3.31. The van der Waals surface area contributed by atoms with E-state index in [2.05, 4.69) is 4.72 Å². The van der Waals surface area contributed by atoms with Gasteiger partial charge >= 0.3 is 5.97 Å². The Morgan fingerprint density at radius 2 is 2.06 bits per heavy atom. The number of nitrogens with zero attached hydrogens (tertiary/aromatic N) is 1. The number of aryl methyl sites for hydroxylation is 1. The normalized spacial score (nSPS) is 13.9. The van der Waals surface area contributed by atoms with Crippen LogP contribution in [0.4, 0.5) is 0 Å². The van der Waals surface area contributed by atoms with Crippen LogP contribution < -0.4 is 4.72 Å². The van der Waals surface area contributed by atoms with Gasteiger partial charge in [0.25, 0.3) is 0 Å². The molecule has 7 heteroatoms. The van der Waals surface area contributed by atoms with Gasteiger partial charge in [0, 0.05) is 19.4 Å². The molecule has 0 fully saturated rings. The van der Waals surface area contributed by atoms with Crippen molar-refractivity contribution in [2.45, 2.75) is 24.8 Å². The maximum Gasteiger partial charge on any atom is 0.322 e. The molecule has 0 aliphatic rings. The fourth-order valence-corrected chi connectivity index (χ4v) is 2.73. The maximum atomic E-state index is 11.9. The van der Waals surface area contributed by atoms with E-state index in [-0.39, 0.29) is 10.8 Å². The van der Waals surface area contributed by atoms with Gasteiger partial charge in [0.15, 0.2) is 0 Å². The standard InChI is InChI=1S/C10H16N2O4S/c1-7(2)9(10(13)14)11-17(15,16)8-4-5-12(3)6-8/h4-7,9,11H,1-3H3,(H,13,14)/t9-/m1/s1. The quantitative estimate of drug-likeness (QED) is 0.802. The highest BCUT2D eigenvalue weighted by Gasteiger charge is 2.28. The molecule has 0 saturated carbocycles. The Labute approximate surface area is 100 Å². The van der Waals surface area contributed by atoms with E-state index >= 15 is 0 Å². The van der Waals surface area contributed by atoms with Gasteiger partial charge in [0.1, 0.15) is 6.04 Å². The molecular formula is C10H16N2O4S. The molecule has 0 spiro atoms. The first-order chi connectivity index (χ1) is 7.74. The van der Waals surface area contributed by atoms with Crippen LogP contribution in [0, 0.1) is 5.92 Å². The molecule has 0 aromatic carbocycles. The molecule has 1 aromatic heterocycles. The largest absolute Gasteiger partial charge is 0.480 e. The van der Waals surface area contributed by atoms with Gasteiger partial charge in [0.2, 0.25) is 10.0 Å². The second-order valence-corrected chi connectivity index (χ2v) is 5.91. The summed E-state index contributed by atoms with van der Waals surface area (Å²) >= 11 is 0. The van der Waals surface area contributed by atoms with Gasteiger partial charge in [-0.2, -0.15) is 4.72 Å². The number of nitrogens with one attached hydrogen (secondary N) is 1. The van der Waals surface area contributed by atoms with E-state index in [1.54, 1.807) is 31.7 Å². The molecule has 0 aliphatic heterocycles. The lowest BCUT2D eigenvalue weighted by Crippen LogP contribution is -2.44. The molecule has 6 nitrogen and oxygen atoms in total. The van der Waals surface area contributed by atoms with Crippen LogP contribution in [-0.4, -0.2) is 30.1 Å². The third-order valence-corrected chi connectivity index (χ3v) is 3.76.